The molecular formula is C17H17Cl2NO2S. The van der Waals surface area contributed by atoms with Crippen molar-refractivity contribution in [2.75, 3.05) is 10.8 Å². The normalized spacial score (nSPS) is 11.3. The molecular weight excluding hydrogens is 353 g/mol. The third-order valence-electron chi connectivity index (χ3n) is 3.38. The monoisotopic (exact) mass is 369 g/mol. The lowest BCUT2D eigenvalue weighted by Gasteiger charge is -2.25. The summed E-state index contributed by atoms with van der Waals surface area (Å²) in [6.07, 6.45) is 1.54. The summed E-state index contributed by atoms with van der Waals surface area (Å²) in [5.41, 5.74) is 2.50. The zero-order valence-corrected chi connectivity index (χ0v) is 15.2. The van der Waals surface area contributed by atoms with E-state index < -0.39 is 10.0 Å². The molecule has 0 saturated heterocycles. The predicted molar refractivity (Wildman–Crippen MR) is 97.1 cm³/mol. The quantitative estimate of drug-likeness (QED) is 0.696. The van der Waals surface area contributed by atoms with E-state index in [-0.39, 0.29) is 16.5 Å². The van der Waals surface area contributed by atoms with E-state index >= 15 is 0 Å². The van der Waals surface area contributed by atoms with Crippen LogP contribution in [-0.2, 0) is 10.0 Å². The van der Waals surface area contributed by atoms with Gasteiger partial charge in [-0.25, -0.2) is 8.42 Å². The van der Waals surface area contributed by atoms with Crippen LogP contribution < -0.4 is 4.31 Å². The molecule has 2 aromatic carbocycles. The van der Waals surface area contributed by atoms with Crippen molar-refractivity contribution >= 4 is 38.9 Å². The van der Waals surface area contributed by atoms with Gasteiger partial charge in [0.05, 0.1) is 17.3 Å². The molecule has 0 radical (unpaired) electrons. The molecule has 0 spiro atoms. The third-order valence-corrected chi connectivity index (χ3v) is 5.87. The topological polar surface area (TPSA) is 37.4 Å². The molecule has 0 atom stereocenters. The number of sulfonamides is 1. The number of halogens is 2. The van der Waals surface area contributed by atoms with Gasteiger partial charge in [0.2, 0.25) is 0 Å². The molecule has 0 N–H and O–H groups in total. The van der Waals surface area contributed by atoms with Crippen LogP contribution in [0.4, 0.5) is 5.69 Å². The second kappa shape index (κ2) is 6.95. The van der Waals surface area contributed by atoms with Gasteiger partial charge in [0.25, 0.3) is 10.0 Å². The second-order valence-electron chi connectivity index (χ2n) is 5.19. The maximum absolute atomic E-state index is 13.1. The summed E-state index contributed by atoms with van der Waals surface area (Å²) in [5.74, 6) is 0. The fourth-order valence-electron chi connectivity index (χ4n) is 2.32. The Morgan fingerprint density at radius 1 is 1.13 bits per heavy atom. The van der Waals surface area contributed by atoms with Crippen LogP contribution in [0, 0.1) is 13.8 Å². The number of benzene rings is 2. The molecule has 0 unspecified atom stereocenters. The van der Waals surface area contributed by atoms with Gasteiger partial charge < -0.3 is 0 Å². The van der Waals surface area contributed by atoms with E-state index in [2.05, 4.69) is 6.58 Å². The molecule has 122 valence electrons. The van der Waals surface area contributed by atoms with Crippen molar-refractivity contribution in [2.24, 2.45) is 0 Å². The highest BCUT2D eigenvalue weighted by Crippen LogP contribution is 2.32. The van der Waals surface area contributed by atoms with Crippen molar-refractivity contribution in [3.8, 4) is 0 Å². The number of hydrogen-bond acceptors (Lipinski definition) is 2. The van der Waals surface area contributed by atoms with E-state index in [0.29, 0.717) is 10.7 Å². The van der Waals surface area contributed by atoms with E-state index in [1.54, 1.807) is 12.1 Å². The van der Waals surface area contributed by atoms with Crippen LogP contribution in [0.15, 0.2) is 53.9 Å². The lowest BCUT2D eigenvalue weighted by molar-refractivity contribution is 0.593. The Bertz CT molecular complexity index is 848. The molecule has 0 aromatic heterocycles. The Hall–Kier alpha value is -1.49. The molecule has 2 aromatic rings. The molecule has 0 heterocycles. The predicted octanol–water partition coefficient (Wildman–Crippen LogP) is 4.99. The molecule has 0 saturated carbocycles. The minimum atomic E-state index is -3.86. The highest BCUT2D eigenvalue weighted by atomic mass is 35.5. The highest BCUT2D eigenvalue weighted by molar-refractivity contribution is 7.93. The molecule has 23 heavy (non-hydrogen) atoms. The summed E-state index contributed by atoms with van der Waals surface area (Å²) >= 11 is 12.0. The summed E-state index contributed by atoms with van der Waals surface area (Å²) in [7, 11) is -3.86. The van der Waals surface area contributed by atoms with Gasteiger partial charge in [0.1, 0.15) is 4.90 Å². The SMILES string of the molecule is C=CCN(c1ccc(C)cc1C)S(=O)(=O)c1cc(Cl)ccc1Cl. The highest BCUT2D eigenvalue weighted by Gasteiger charge is 2.27. The lowest BCUT2D eigenvalue weighted by atomic mass is 10.1. The molecule has 0 bridgehead atoms. The Morgan fingerprint density at radius 2 is 1.83 bits per heavy atom. The number of hydrogen-bond donors (Lipinski definition) is 0. The lowest BCUT2D eigenvalue weighted by Crippen LogP contribution is -2.32. The largest absolute Gasteiger partial charge is 0.266 e. The molecule has 6 heteroatoms. The Balaban J connectivity index is 2.64. The van der Waals surface area contributed by atoms with Gasteiger partial charge in [-0.3, -0.25) is 4.31 Å². The van der Waals surface area contributed by atoms with Crippen molar-refractivity contribution in [1.82, 2.24) is 0 Å². The minimum Gasteiger partial charge on any atom is -0.262 e. The fourth-order valence-corrected chi connectivity index (χ4v) is 4.56. The van der Waals surface area contributed by atoms with Crippen molar-refractivity contribution < 1.29 is 8.42 Å². The molecule has 2 rings (SSSR count). The van der Waals surface area contributed by atoms with Crippen LogP contribution in [0.1, 0.15) is 11.1 Å². The summed E-state index contributed by atoms with van der Waals surface area (Å²) < 4.78 is 27.4. The zero-order chi connectivity index (χ0) is 17.2. The maximum atomic E-state index is 13.1. The van der Waals surface area contributed by atoms with Crippen LogP contribution in [-0.4, -0.2) is 15.0 Å². The van der Waals surface area contributed by atoms with Gasteiger partial charge in [-0.05, 0) is 43.7 Å². The van der Waals surface area contributed by atoms with Crippen molar-refractivity contribution in [3.63, 3.8) is 0 Å². The Kier molecular flexibility index (Phi) is 5.40. The first kappa shape index (κ1) is 17.9. The summed E-state index contributed by atoms with van der Waals surface area (Å²) in [5, 5.41) is 0.445. The molecule has 0 aliphatic rings. The van der Waals surface area contributed by atoms with E-state index in [0.717, 1.165) is 11.1 Å². The number of anilines is 1. The van der Waals surface area contributed by atoms with Gasteiger partial charge in [-0.2, -0.15) is 0 Å². The van der Waals surface area contributed by atoms with Crippen LogP contribution >= 0.6 is 23.2 Å². The summed E-state index contributed by atoms with van der Waals surface area (Å²) in [6, 6.07) is 9.97. The number of nitrogens with zero attached hydrogens (tertiary/aromatic N) is 1. The molecule has 0 aliphatic carbocycles. The molecule has 0 fully saturated rings. The van der Waals surface area contributed by atoms with Gasteiger partial charge in [-0.15, -0.1) is 6.58 Å². The first-order valence-corrected chi connectivity index (χ1v) is 9.13. The Morgan fingerprint density at radius 3 is 2.43 bits per heavy atom. The molecule has 0 aliphatic heterocycles. The molecule has 0 amide bonds. The zero-order valence-electron chi connectivity index (χ0n) is 12.9. The average molecular weight is 370 g/mol. The van der Waals surface area contributed by atoms with Crippen LogP contribution in [0.2, 0.25) is 10.0 Å². The van der Waals surface area contributed by atoms with Gasteiger partial charge >= 0.3 is 0 Å². The van der Waals surface area contributed by atoms with Gasteiger partial charge in [0.15, 0.2) is 0 Å². The van der Waals surface area contributed by atoms with Crippen molar-refractivity contribution in [3.05, 3.63) is 70.2 Å². The van der Waals surface area contributed by atoms with E-state index in [9.17, 15) is 8.42 Å². The third kappa shape index (κ3) is 3.71. The van der Waals surface area contributed by atoms with E-state index in [1.165, 1.54) is 22.5 Å². The second-order valence-corrected chi connectivity index (χ2v) is 7.86. The van der Waals surface area contributed by atoms with Crippen LogP contribution in [0.3, 0.4) is 0 Å². The smallest absolute Gasteiger partial charge is 0.262 e. The summed E-state index contributed by atoms with van der Waals surface area (Å²) in [4.78, 5) is -0.0199. The number of aryl methyl sites for hydroxylation is 2. The number of rotatable bonds is 5. The van der Waals surface area contributed by atoms with Crippen LogP contribution in [0.25, 0.3) is 0 Å². The van der Waals surface area contributed by atoms with Crippen molar-refractivity contribution in [1.29, 1.82) is 0 Å². The maximum Gasteiger partial charge on any atom is 0.266 e. The molecule has 3 nitrogen and oxygen atoms in total. The van der Waals surface area contributed by atoms with E-state index in [1.807, 2.05) is 26.0 Å². The summed E-state index contributed by atoms with van der Waals surface area (Å²) in [6.45, 7) is 7.61. The Labute approximate surface area is 147 Å². The first-order valence-electron chi connectivity index (χ1n) is 6.93. The van der Waals surface area contributed by atoms with Gasteiger partial charge in [-0.1, -0.05) is 47.0 Å². The first-order chi connectivity index (χ1) is 10.8. The average Bonchev–Trinajstić information content (AvgIpc) is 2.48. The van der Waals surface area contributed by atoms with Crippen molar-refractivity contribution in [2.45, 2.75) is 18.7 Å². The minimum absolute atomic E-state index is 0.0199. The standard InChI is InChI=1S/C17H17Cl2NO2S/c1-4-9-20(16-8-5-12(2)10-13(16)3)23(21,22)17-11-14(18)6-7-15(17)19/h4-8,10-11H,1,9H2,2-3H3. The fraction of sp³-hybridized carbons (Fsp3) is 0.176. The van der Waals surface area contributed by atoms with E-state index in [4.69, 9.17) is 23.2 Å². The van der Waals surface area contributed by atoms with Crippen LogP contribution in [0.5, 0.6) is 0 Å². The van der Waals surface area contributed by atoms with Gasteiger partial charge in [0, 0.05) is 5.02 Å².